The van der Waals surface area contributed by atoms with Gasteiger partial charge >= 0.3 is 0 Å². The molecule has 0 radical (unpaired) electrons. The molecule has 0 saturated carbocycles. The minimum absolute atomic E-state index is 0.179. The summed E-state index contributed by atoms with van der Waals surface area (Å²) in [6, 6.07) is 0.179. The van der Waals surface area contributed by atoms with E-state index in [-0.39, 0.29) is 6.04 Å². The van der Waals surface area contributed by atoms with E-state index in [0.717, 1.165) is 37.5 Å². The average molecular weight is 214 g/mol. The molecule has 0 aromatic carbocycles. The van der Waals surface area contributed by atoms with Gasteiger partial charge in [0.15, 0.2) is 0 Å². The van der Waals surface area contributed by atoms with Crippen LogP contribution in [0.15, 0.2) is 11.6 Å². The molecule has 2 N–H and O–H groups in total. The Hall–Kier alpha value is -0.450. The van der Waals surface area contributed by atoms with E-state index < -0.39 is 0 Å². The number of hydrogen-bond donors (Lipinski definition) is 1. The van der Waals surface area contributed by atoms with Gasteiger partial charge in [-0.3, -0.25) is 0 Å². The van der Waals surface area contributed by atoms with Gasteiger partial charge in [-0.15, -0.1) is 11.3 Å². The van der Waals surface area contributed by atoms with Crippen LogP contribution in [0.1, 0.15) is 24.8 Å². The third kappa shape index (κ3) is 4.69. The molecule has 0 fully saturated rings. The van der Waals surface area contributed by atoms with Crippen molar-refractivity contribution in [3.63, 3.8) is 0 Å². The standard InChI is InChI=1S/C10H18N2OS/c1-2-5-13-6-3-9(11)8-10-12-4-7-14-10/h4,7,9H,2-3,5-6,8,11H2,1H3. The van der Waals surface area contributed by atoms with E-state index in [0.29, 0.717) is 0 Å². The molecule has 80 valence electrons. The van der Waals surface area contributed by atoms with Crippen LogP contribution in [0.2, 0.25) is 0 Å². The average Bonchev–Trinajstić information content (AvgIpc) is 2.65. The molecule has 0 bridgehead atoms. The quantitative estimate of drug-likeness (QED) is 0.704. The lowest BCUT2D eigenvalue weighted by atomic mass is 10.2. The summed E-state index contributed by atoms with van der Waals surface area (Å²) in [4.78, 5) is 4.20. The normalized spacial score (nSPS) is 13.0. The SMILES string of the molecule is CCCOCCC(N)Cc1nccs1. The predicted molar refractivity (Wildman–Crippen MR) is 59.5 cm³/mol. The molecule has 0 aliphatic heterocycles. The van der Waals surface area contributed by atoms with E-state index in [1.807, 2.05) is 11.6 Å². The fraction of sp³-hybridized carbons (Fsp3) is 0.700. The first-order valence-electron chi connectivity index (χ1n) is 5.04. The second-order valence-electron chi connectivity index (χ2n) is 3.29. The molecule has 1 atom stereocenters. The van der Waals surface area contributed by atoms with Gasteiger partial charge in [0.2, 0.25) is 0 Å². The molecule has 3 nitrogen and oxygen atoms in total. The van der Waals surface area contributed by atoms with E-state index in [2.05, 4.69) is 11.9 Å². The first-order valence-corrected chi connectivity index (χ1v) is 5.92. The largest absolute Gasteiger partial charge is 0.381 e. The summed E-state index contributed by atoms with van der Waals surface area (Å²) in [5.74, 6) is 0. The zero-order valence-corrected chi connectivity index (χ0v) is 9.43. The summed E-state index contributed by atoms with van der Waals surface area (Å²) in [6.45, 7) is 3.71. The van der Waals surface area contributed by atoms with Crippen LogP contribution in [0.25, 0.3) is 0 Å². The van der Waals surface area contributed by atoms with Crippen molar-refractivity contribution in [2.45, 2.75) is 32.2 Å². The summed E-state index contributed by atoms with van der Waals surface area (Å²) in [6.07, 6.45) is 4.68. The van der Waals surface area contributed by atoms with E-state index in [1.165, 1.54) is 0 Å². The fourth-order valence-corrected chi connectivity index (χ4v) is 1.87. The minimum Gasteiger partial charge on any atom is -0.381 e. The van der Waals surface area contributed by atoms with E-state index in [1.54, 1.807) is 11.3 Å². The van der Waals surface area contributed by atoms with Crippen molar-refractivity contribution in [1.82, 2.24) is 4.98 Å². The van der Waals surface area contributed by atoms with Gasteiger partial charge in [-0.25, -0.2) is 4.98 Å². The van der Waals surface area contributed by atoms with Crippen molar-refractivity contribution in [2.24, 2.45) is 5.73 Å². The highest BCUT2D eigenvalue weighted by Crippen LogP contribution is 2.07. The van der Waals surface area contributed by atoms with Crippen LogP contribution < -0.4 is 5.73 Å². The number of rotatable bonds is 7. The molecule has 0 amide bonds. The third-order valence-electron chi connectivity index (χ3n) is 1.90. The van der Waals surface area contributed by atoms with Gasteiger partial charge < -0.3 is 10.5 Å². The van der Waals surface area contributed by atoms with Crippen molar-refractivity contribution in [2.75, 3.05) is 13.2 Å². The van der Waals surface area contributed by atoms with Crippen molar-refractivity contribution in [1.29, 1.82) is 0 Å². The zero-order valence-electron chi connectivity index (χ0n) is 8.61. The van der Waals surface area contributed by atoms with Crippen LogP contribution >= 0.6 is 11.3 Å². The maximum atomic E-state index is 5.93. The minimum atomic E-state index is 0.179. The first-order chi connectivity index (χ1) is 6.83. The van der Waals surface area contributed by atoms with Gasteiger partial charge in [-0.1, -0.05) is 6.92 Å². The molecule has 0 saturated heterocycles. The number of nitrogens with two attached hydrogens (primary N) is 1. The highest BCUT2D eigenvalue weighted by molar-refractivity contribution is 7.09. The van der Waals surface area contributed by atoms with Gasteiger partial charge in [0.1, 0.15) is 0 Å². The molecule has 0 aliphatic carbocycles. The molecular weight excluding hydrogens is 196 g/mol. The smallest absolute Gasteiger partial charge is 0.0940 e. The van der Waals surface area contributed by atoms with E-state index in [4.69, 9.17) is 10.5 Å². The van der Waals surface area contributed by atoms with Crippen LogP contribution in [0, 0.1) is 0 Å². The van der Waals surface area contributed by atoms with Crippen LogP contribution in [0.4, 0.5) is 0 Å². The maximum Gasteiger partial charge on any atom is 0.0940 e. The molecule has 0 aliphatic rings. The Morgan fingerprint density at radius 3 is 3.07 bits per heavy atom. The monoisotopic (exact) mass is 214 g/mol. The molecule has 1 rings (SSSR count). The summed E-state index contributed by atoms with van der Waals surface area (Å²) < 4.78 is 5.38. The number of aromatic nitrogens is 1. The highest BCUT2D eigenvalue weighted by atomic mass is 32.1. The molecule has 4 heteroatoms. The lowest BCUT2D eigenvalue weighted by Gasteiger charge is -2.09. The summed E-state index contributed by atoms with van der Waals surface area (Å²) in [7, 11) is 0. The van der Waals surface area contributed by atoms with Gasteiger partial charge in [0.25, 0.3) is 0 Å². The molecule has 1 aromatic heterocycles. The predicted octanol–water partition coefficient (Wildman–Crippen LogP) is 1.83. The lowest BCUT2D eigenvalue weighted by Crippen LogP contribution is -2.24. The Kier molecular flexibility index (Phi) is 5.75. The molecule has 14 heavy (non-hydrogen) atoms. The van der Waals surface area contributed by atoms with Gasteiger partial charge in [-0.05, 0) is 12.8 Å². The van der Waals surface area contributed by atoms with Crippen molar-refractivity contribution in [3.8, 4) is 0 Å². The second-order valence-corrected chi connectivity index (χ2v) is 4.27. The Morgan fingerprint density at radius 1 is 1.57 bits per heavy atom. The van der Waals surface area contributed by atoms with Gasteiger partial charge in [-0.2, -0.15) is 0 Å². The molecule has 1 unspecified atom stereocenters. The van der Waals surface area contributed by atoms with Crippen LogP contribution in [-0.2, 0) is 11.2 Å². The molecule has 1 aromatic rings. The third-order valence-corrected chi connectivity index (χ3v) is 2.70. The van der Waals surface area contributed by atoms with Crippen molar-refractivity contribution >= 4 is 11.3 Å². The van der Waals surface area contributed by atoms with Crippen molar-refractivity contribution < 1.29 is 4.74 Å². The Bertz CT molecular complexity index is 226. The van der Waals surface area contributed by atoms with Gasteiger partial charge in [0, 0.05) is 37.3 Å². The lowest BCUT2D eigenvalue weighted by molar-refractivity contribution is 0.127. The topological polar surface area (TPSA) is 48.1 Å². The number of hydrogen-bond acceptors (Lipinski definition) is 4. The Morgan fingerprint density at radius 2 is 2.43 bits per heavy atom. The first kappa shape index (κ1) is 11.6. The van der Waals surface area contributed by atoms with Gasteiger partial charge in [0.05, 0.1) is 5.01 Å². The molecule has 1 heterocycles. The maximum absolute atomic E-state index is 5.93. The fourth-order valence-electron chi connectivity index (χ4n) is 1.16. The Labute approximate surface area is 89.3 Å². The summed E-state index contributed by atoms with van der Waals surface area (Å²) in [5.41, 5.74) is 5.93. The van der Waals surface area contributed by atoms with Crippen LogP contribution in [-0.4, -0.2) is 24.2 Å². The van der Waals surface area contributed by atoms with E-state index >= 15 is 0 Å². The van der Waals surface area contributed by atoms with E-state index in [9.17, 15) is 0 Å². The second kappa shape index (κ2) is 6.92. The molecular formula is C10H18N2OS. The summed E-state index contributed by atoms with van der Waals surface area (Å²) in [5, 5.41) is 3.10. The van der Waals surface area contributed by atoms with Crippen LogP contribution in [0.5, 0.6) is 0 Å². The van der Waals surface area contributed by atoms with Crippen LogP contribution in [0.3, 0.4) is 0 Å². The van der Waals surface area contributed by atoms with Crippen molar-refractivity contribution in [3.05, 3.63) is 16.6 Å². The number of nitrogens with zero attached hydrogens (tertiary/aromatic N) is 1. The number of thiazole rings is 1. The highest BCUT2D eigenvalue weighted by Gasteiger charge is 2.05. The zero-order chi connectivity index (χ0) is 10.2. The number of ether oxygens (including phenoxy) is 1. The summed E-state index contributed by atoms with van der Waals surface area (Å²) >= 11 is 1.66. The Balaban J connectivity index is 2.07. The molecule has 0 spiro atoms.